The first-order valence-electron chi connectivity index (χ1n) is 7.59. The number of rotatable bonds is 3. The van der Waals surface area contributed by atoms with E-state index in [1.165, 1.54) is 12.8 Å². The fourth-order valence-electron chi connectivity index (χ4n) is 3.18. The van der Waals surface area contributed by atoms with Crippen molar-refractivity contribution in [2.75, 3.05) is 26.3 Å². The standard InChI is InChI=1S/C14H20N4O2/c19-14(11-4-6-20-9-11)17-5-3-12(7-17)18-8-13(15-16-18)10-1-2-10/h8,10-12H,1-7,9H2/t11-,12-/m1/s1. The third-order valence-corrected chi connectivity index (χ3v) is 4.65. The zero-order valence-corrected chi connectivity index (χ0v) is 11.6. The van der Waals surface area contributed by atoms with Crippen molar-refractivity contribution in [1.29, 1.82) is 0 Å². The van der Waals surface area contributed by atoms with Crippen LogP contribution in [-0.4, -0.2) is 52.1 Å². The van der Waals surface area contributed by atoms with Crippen LogP contribution < -0.4 is 0 Å². The van der Waals surface area contributed by atoms with Crippen LogP contribution in [0.4, 0.5) is 0 Å². The molecule has 0 spiro atoms. The van der Waals surface area contributed by atoms with E-state index in [0.29, 0.717) is 18.6 Å². The number of amides is 1. The summed E-state index contributed by atoms with van der Waals surface area (Å²) in [7, 11) is 0. The summed E-state index contributed by atoms with van der Waals surface area (Å²) in [6.45, 7) is 2.91. The largest absolute Gasteiger partial charge is 0.381 e. The van der Waals surface area contributed by atoms with Crippen LogP contribution in [0.5, 0.6) is 0 Å². The van der Waals surface area contributed by atoms with Crippen molar-refractivity contribution < 1.29 is 9.53 Å². The Morgan fingerprint density at radius 3 is 2.95 bits per heavy atom. The molecule has 0 bridgehead atoms. The van der Waals surface area contributed by atoms with Crippen molar-refractivity contribution in [2.24, 2.45) is 5.92 Å². The lowest BCUT2D eigenvalue weighted by molar-refractivity contribution is -0.134. The van der Waals surface area contributed by atoms with E-state index in [-0.39, 0.29) is 11.8 Å². The monoisotopic (exact) mass is 276 g/mol. The predicted octanol–water partition coefficient (Wildman–Crippen LogP) is 0.965. The Morgan fingerprint density at radius 2 is 2.20 bits per heavy atom. The highest BCUT2D eigenvalue weighted by molar-refractivity contribution is 5.79. The second-order valence-corrected chi connectivity index (χ2v) is 6.18. The number of aromatic nitrogens is 3. The third-order valence-electron chi connectivity index (χ3n) is 4.65. The first-order chi connectivity index (χ1) is 9.81. The maximum absolute atomic E-state index is 12.3. The van der Waals surface area contributed by atoms with Gasteiger partial charge in [0.15, 0.2) is 0 Å². The maximum atomic E-state index is 12.3. The summed E-state index contributed by atoms with van der Waals surface area (Å²) in [5.74, 6) is 0.970. The third kappa shape index (κ3) is 2.22. The van der Waals surface area contributed by atoms with Gasteiger partial charge in [-0.1, -0.05) is 5.21 Å². The Bertz CT molecular complexity index is 505. The van der Waals surface area contributed by atoms with Crippen molar-refractivity contribution in [3.63, 3.8) is 0 Å². The van der Waals surface area contributed by atoms with Gasteiger partial charge in [-0.15, -0.1) is 5.10 Å². The van der Waals surface area contributed by atoms with Crippen molar-refractivity contribution in [1.82, 2.24) is 19.9 Å². The Hall–Kier alpha value is -1.43. The number of carbonyl (C=O) groups excluding carboxylic acids is 1. The van der Waals surface area contributed by atoms with E-state index < -0.39 is 0 Å². The van der Waals surface area contributed by atoms with Gasteiger partial charge in [0.05, 0.1) is 24.3 Å². The smallest absolute Gasteiger partial charge is 0.228 e. The van der Waals surface area contributed by atoms with Gasteiger partial charge in [0.25, 0.3) is 0 Å². The van der Waals surface area contributed by atoms with Crippen LogP contribution in [0.15, 0.2) is 6.20 Å². The molecule has 3 heterocycles. The molecule has 0 N–H and O–H groups in total. The molecule has 20 heavy (non-hydrogen) atoms. The molecule has 6 nitrogen and oxygen atoms in total. The van der Waals surface area contributed by atoms with Gasteiger partial charge in [0.2, 0.25) is 5.91 Å². The number of nitrogens with zero attached hydrogens (tertiary/aromatic N) is 4. The second-order valence-electron chi connectivity index (χ2n) is 6.18. The van der Waals surface area contributed by atoms with E-state index >= 15 is 0 Å². The van der Waals surface area contributed by atoms with E-state index in [1.54, 1.807) is 0 Å². The van der Waals surface area contributed by atoms with Crippen LogP contribution in [-0.2, 0) is 9.53 Å². The summed E-state index contributed by atoms with van der Waals surface area (Å²) in [6.07, 6.45) is 6.42. The number of hydrogen-bond acceptors (Lipinski definition) is 4. The molecule has 1 aliphatic carbocycles. The second kappa shape index (κ2) is 4.84. The zero-order valence-electron chi connectivity index (χ0n) is 11.6. The topological polar surface area (TPSA) is 60.2 Å². The van der Waals surface area contributed by atoms with Gasteiger partial charge in [0, 0.05) is 31.8 Å². The van der Waals surface area contributed by atoms with Gasteiger partial charge in [-0.25, -0.2) is 4.68 Å². The SMILES string of the molecule is O=C([C@@H]1CCOC1)N1CC[C@@H](n2cc(C3CC3)nn2)C1. The molecule has 1 aromatic heterocycles. The van der Waals surface area contributed by atoms with Crippen LogP contribution in [0.1, 0.15) is 43.3 Å². The Labute approximate surface area is 118 Å². The quantitative estimate of drug-likeness (QED) is 0.825. The van der Waals surface area contributed by atoms with E-state index in [1.807, 2.05) is 9.58 Å². The highest BCUT2D eigenvalue weighted by atomic mass is 16.5. The van der Waals surface area contributed by atoms with E-state index in [0.717, 1.165) is 38.2 Å². The van der Waals surface area contributed by atoms with E-state index in [2.05, 4.69) is 16.5 Å². The molecule has 0 aromatic carbocycles. The molecule has 0 unspecified atom stereocenters. The number of carbonyl (C=O) groups is 1. The lowest BCUT2D eigenvalue weighted by Gasteiger charge is -2.19. The molecule has 3 aliphatic rings. The molecule has 2 atom stereocenters. The Balaban J connectivity index is 1.40. The van der Waals surface area contributed by atoms with Crippen LogP contribution in [0.3, 0.4) is 0 Å². The summed E-state index contributed by atoms with van der Waals surface area (Å²) in [5.41, 5.74) is 1.12. The van der Waals surface area contributed by atoms with Crippen molar-refractivity contribution in [3.8, 4) is 0 Å². The summed E-state index contributed by atoms with van der Waals surface area (Å²) in [5, 5.41) is 8.51. The average Bonchev–Trinajstić information content (AvgIpc) is 2.98. The van der Waals surface area contributed by atoms with Crippen LogP contribution >= 0.6 is 0 Å². The molecule has 108 valence electrons. The average molecular weight is 276 g/mol. The minimum Gasteiger partial charge on any atom is -0.381 e. The molecule has 1 saturated carbocycles. The first kappa shape index (κ1) is 12.3. The van der Waals surface area contributed by atoms with Gasteiger partial charge >= 0.3 is 0 Å². The fourth-order valence-corrected chi connectivity index (χ4v) is 3.18. The van der Waals surface area contributed by atoms with Gasteiger partial charge in [-0.05, 0) is 25.7 Å². The molecule has 2 saturated heterocycles. The normalized spacial score (nSPS) is 30.1. The summed E-state index contributed by atoms with van der Waals surface area (Å²) < 4.78 is 7.28. The van der Waals surface area contributed by atoms with E-state index in [4.69, 9.17) is 4.74 Å². The molecular formula is C14H20N4O2. The predicted molar refractivity (Wildman–Crippen MR) is 71.2 cm³/mol. The van der Waals surface area contributed by atoms with Crippen LogP contribution in [0.2, 0.25) is 0 Å². The van der Waals surface area contributed by atoms with Gasteiger partial charge in [-0.3, -0.25) is 4.79 Å². The van der Waals surface area contributed by atoms with Crippen molar-refractivity contribution in [3.05, 3.63) is 11.9 Å². The molecule has 1 amide bonds. The highest BCUT2D eigenvalue weighted by Gasteiger charge is 2.34. The van der Waals surface area contributed by atoms with Crippen molar-refractivity contribution in [2.45, 2.75) is 37.6 Å². The molecule has 0 radical (unpaired) electrons. The summed E-state index contributed by atoms with van der Waals surface area (Å²) in [4.78, 5) is 14.3. The minimum absolute atomic E-state index is 0.0755. The van der Waals surface area contributed by atoms with Crippen LogP contribution in [0.25, 0.3) is 0 Å². The summed E-state index contributed by atoms with van der Waals surface area (Å²) >= 11 is 0. The minimum atomic E-state index is 0.0755. The number of ether oxygens (including phenoxy) is 1. The molecule has 4 rings (SSSR count). The Kier molecular flexibility index (Phi) is 2.98. The zero-order chi connectivity index (χ0) is 13.5. The lowest BCUT2D eigenvalue weighted by Crippen LogP contribution is -2.35. The summed E-state index contributed by atoms with van der Waals surface area (Å²) in [6, 6.07) is 0.293. The maximum Gasteiger partial charge on any atom is 0.228 e. The molecular weight excluding hydrogens is 256 g/mol. The molecule has 1 aromatic rings. The van der Waals surface area contributed by atoms with Gasteiger partial charge < -0.3 is 9.64 Å². The number of hydrogen-bond donors (Lipinski definition) is 0. The molecule has 3 fully saturated rings. The van der Waals surface area contributed by atoms with E-state index in [9.17, 15) is 4.79 Å². The molecule has 6 heteroatoms. The Morgan fingerprint density at radius 1 is 1.30 bits per heavy atom. The molecule has 2 aliphatic heterocycles. The van der Waals surface area contributed by atoms with Gasteiger partial charge in [0.1, 0.15) is 0 Å². The number of likely N-dealkylation sites (tertiary alicyclic amines) is 1. The van der Waals surface area contributed by atoms with Crippen molar-refractivity contribution >= 4 is 5.91 Å². The van der Waals surface area contributed by atoms with Gasteiger partial charge in [-0.2, -0.15) is 0 Å². The van der Waals surface area contributed by atoms with Crippen LogP contribution in [0, 0.1) is 5.92 Å². The lowest BCUT2D eigenvalue weighted by atomic mass is 10.1. The highest BCUT2D eigenvalue weighted by Crippen LogP contribution is 2.39. The first-order valence-corrected chi connectivity index (χ1v) is 7.59. The fraction of sp³-hybridized carbons (Fsp3) is 0.786.